The zero-order valence-electron chi connectivity index (χ0n) is 14.6. The van der Waals surface area contributed by atoms with E-state index in [9.17, 15) is 9.18 Å². The fourth-order valence-corrected chi connectivity index (χ4v) is 3.91. The van der Waals surface area contributed by atoms with E-state index in [2.05, 4.69) is 24.3 Å². The molecule has 2 aliphatic rings. The molecule has 4 rings (SSSR count). The predicted molar refractivity (Wildman–Crippen MR) is 93.5 cm³/mol. The smallest absolute Gasteiger partial charge is 0.275 e. The van der Waals surface area contributed by atoms with Crippen molar-refractivity contribution in [1.29, 1.82) is 0 Å². The quantitative estimate of drug-likeness (QED) is 0.911. The zero-order valence-corrected chi connectivity index (χ0v) is 14.6. The van der Waals surface area contributed by atoms with Crippen molar-refractivity contribution >= 4 is 5.91 Å². The number of rotatable bonds is 2. The molecule has 6 heteroatoms. The van der Waals surface area contributed by atoms with Crippen LogP contribution in [0.5, 0.6) is 0 Å². The van der Waals surface area contributed by atoms with Crippen LogP contribution in [0.1, 0.15) is 42.0 Å². The third kappa shape index (κ3) is 2.65. The van der Waals surface area contributed by atoms with E-state index < -0.39 is 0 Å². The van der Waals surface area contributed by atoms with E-state index in [0.717, 1.165) is 37.1 Å². The zero-order chi connectivity index (χ0) is 17.6. The highest BCUT2D eigenvalue weighted by Gasteiger charge is 2.34. The maximum atomic E-state index is 14.3. The number of hydrogen-bond donors (Lipinski definition) is 1. The molecule has 1 aliphatic heterocycles. The van der Waals surface area contributed by atoms with E-state index in [1.54, 1.807) is 22.9 Å². The Morgan fingerprint density at radius 2 is 2.08 bits per heavy atom. The summed E-state index contributed by atoms with van der Waals surface area (Å²) in [6.07, 6.45) is 2.65. The summed E-state index contributed by atoms with van der Waals surface area (Å²) in [7, 11) is 0. The highest BCUT2D eigenvalue weighted by atomic mass is 19.1. The van der Waals surface area contributed by atoms with E-state index in [-0.39, 0.29) is 23.8 Å². The number of fused-ring (bicyclic) bond motifs is 1. The molecule has 1 aliphatic carbocycles. The van der Waals surface area contributed by atoms with Gasteiger partial charge >= 0.3 is 0 Å². The van der Waals surface area contributed by atoms with E-state index >= 15 is 0 Å². The number of carbonyl (C=O) groups is 1. The van der Waals surface area contributed by atoms with Gasteiger partial charge in [0, 0.05) is 36.4 Å². The molecule has 0 saturated carbocycles. The summed E-state index contributed by atoms with van der Waals surface area (Å²) >= 11 is 0. The van der Waals surface area contributed by atoms with Gasteiger partial charge in [0.1, 0.15) is 11.5 Å². The van der Waals surface area contributed by atoms with Crippen LogP contribution < -0.4 is 5.32 Å². The molecule has 0 radical (unpaired) electrons. The first-order chi connectivity index (χ1) is 12.1. The van der Waals surface area contributed by atoms with Crippen molar-refractivity contribution in [1.82, 2.24) is 20.0 Å². The molecule has 1 saturated heterocycles. The van der Waals surface area contributed by atoms with Crippen molar-refractivity contribution in [3.8, 4) is 5.69 Å². The molecule has 25 heavy (non-hydrogen) atoms. The van der Waals surface area contributed by atoms with Crippen LogP contribution >= 0.6 is 0 Å². The molecule has 1 aromatic carbocycles. The third-order valence-corrected chi connectivity index (χ3v) is 5.51. The second-order valence-corrected chi connectivity index (χ2v) is 6.97. The summed E-state index contributed by atoms with van der Waals surface area (Å²) in [5.41, 5.74) is 2.88. The summed E-state index contributed by atoms with van der Waals surface area (Å²) in [5.74, 6) is -0.350. The number of benzene rings is 1. The van der Waals surface area contributed by atoms with Gasteiger partial charge in [-0.05, 0) is 45.2 Å². The standard InChI is InChI=1S/C19H23FN4O/c1-12-13(2)23(11-10-21-12)19(25)18-14-6-5-9-16(14)24(22-18)17-8-4-3-7-15(17)20/h3-4,7-8,12-13,21H,5-6,9-11H2,1-2H3. The Hall–Kier alpha value is -2.21. The van der Waals surface area contributed by atoms with Gasteiger partial charge in [0.25, 0.3) is 5.91 Å². The van der Waals surface area contributed by atoms with E-state index in [1.807, 2.05) is 4.90 Å². The minimum Gasteiger partial charge on any atom is -0.332 e. The molecule has 1 aromatic heterocycles. The Labute approximate surface area is 146 Å². The van der Waals surface area contributed by atoms with E-state index in [1.165, 1.54) is 6.07 Å². The summed E-state index contributed by atoms with van der Waals surface area (Å²) in [6, 6.07) is 6.96. The molecular formula is C19H23FN4O. The number of nitrogens with one attached hydrogen (secondary N) is 1. The van der Waals surface area contributed by atoms with Crippen molar-refractivity contribution in [2.45, 2.75) is 45.2 Å². The molecule has 2 atom stereocenters. The maximum Gasteiger partial charge on any atom is 0.275 e. The first-order valence-corrected chi connectivity index (χ1v) is 8.98. The molecule has 5 nitrogen and oxygen atoms in total. The molecule has 2 unspecified atom stereocenters. The largest absolute Gasteiger partial charge is 0.332 e. The van der Waals surface area contributed by atoms with Gasteiger partial charge in [-0.2, -0.15) is 5.10 Å². The summed E-state index contributed by atoms with van der Waals surface area (Å²) in [5, 5.41) is 7.95. The topological polar surface area (TPSA) is 50.2 Å². The molecule has 1 N–H and O–H groups in total. The molecule has 1 amide bonds. The average molecular weight is 342 g/mol. The number of para-hydroxylation sites is 1. The number of hydrogen-bond acceptors (Lipinski definition) is 3. The van der Waals surface area contributed by atoms with Crippen molar-refractivity contribution in [2.24, 2.45) is 0 Å². The molecular weight excluding hydrogens is 319 g/mol. The van der Waals surface area contributed by atoms with Crippen LogP contribution in [0.4, 0.5) is 4.39 Å². The summed E-state index contributed by atoms with van der Waals surface area (Å²) < 4.78 is 15.9. The Morgan fingerprint density at radius 1 is 1.28 bits per heavy atom. The van der Waals surface area contributed by atoms with Crippen molar-refractivity contribution < 1.29 is 9.18 Å². The van der Waals surface area contributed by atoms with Gasteiger partial charge in [-0.25, -0.2) is 9.07 Å². The van der Waals surface area contributed by atoms with Gasteiger partial charge in [0.15, 0.2) is 5.69 Å². The maximum absolute atomic E-state index is 14.3. The molecule has 2 heterocycles. The second-order valence-electron chi connectivity index (χ2n) is 6.97. The highest BCUT2D eigenvalue weighted by molar-refractivity contribution is 5.94. The van der Waals surface area contributed by atoms with Gasteiger partial charge < -0.3 is 10.2 Å². The predicted octanol–water partition coefficient (Wildman–Crippen LogP) is 2.32. The Balaban J connectivity index is 1.75. The van der Waals surface area contributed by atoms with E-state index in [4.69, 9.17) is 0 Å². The third-order valence-electron chi connectivity index (χ3n) is 5.51. The van der Waals surface area contributed by atoms with Crippen molar-refractivity contribution in [2.75, 3.05) is 13.1 Å². The number of halogens is 1. The lowest BCUT2D eigenvalue weighted by Crippen LogP contribution is -2.57. The van der Waals surface area contributed by atoms with Crippen LogP contribution in [-0.2, 0) is 12.8 Å². The van der Waals surface area contributed by atoms with Crippen molar-refractivity contribution in [3.05, 3.63) is 47.0 Å². The normalized spacial score (nSPS) is 22.9. The van der Waals surface area contributed by atoms with Crippen LogP contribution in [-0.4, -0.2) is 45.8 Å². The Bertz CT molecular complexity index is 816. The number of carbonyl (C=O) groups excluding carboxylic acids is 1. The van der Waals surface area contributed by atoms with E-state index in [0.29, 0.717) is 17.9 Å². The molecule has 0 bridgehead atoms. The SMILES string of the molecule is CC1NCCN(C(=O)c2nn(-c3ccccc3F)c3c2CCC3)C1C. The van der Waals surface area contributed by atoms with Gasteiger partial charge in [0.2, 0.25) is 0 Å². The molecule has 2 aromatic rings. The number of amides is 1. The highest BCUT2D eigenvalue weighted by Crippen LogP contribution is 2.30. The molecule has 0 spiro atoms. The summed E-state index contributed by atoms with van der Waals surface area (Å²) in [4.78, 5) is 15.1. The fraction of sp³-hybridized carbons (Fsp3) is 0.474. The first kappa shape index (κ1) is 16.3. The minimum absolute atomic E-state index is 0.0333. The summed E-state index contributed by atoms with van der Waals surface area (Å²) in [6.45, 7) is 5.61. The van der Waals surface area contributed by atoms with Crippen molar-refractivity contribution in [3.63, 3.8) is 0 Å². The van der Waals surface area contributed by atoms with Crippen LogP contribution in [0.25, 0.3) is 5.69 Å². The van der Waals surface area contributed by atoms with Gasteiger partial charge in [-0.15, -0.1) is 0 Å². The van der Waals surface area contributed by atoms with Gasteiger partial charge in [-0.1, -0.05) is 12.1 Å². The van der Waals surface area contributed by atoms with Gasteiger partial charge in [0.05, 0.1) is 0 Å². The Kier molecular flexibility index (Phi) is 4.07. The van der Waals surface area contributed by atoms with Crippen LogP contribution in [0.3, 0.4) is 0 Å². The number of nitrogens with zero attached hydrogens (tertiary/aromatic N) is 3. The average Bonchev–Trinajstić information content (AvgIpc) is 3.20. The minimum atomic E-state index is -0.317. The molecule has 1 fully saturated rings. The Morgan fingerprint density at radius 3 is 2.88 bits per heavy atom. The lowest BCUT2D eigenvalue weighted by atomic mass is 10.1. The van der Waals surface area contributed by atoms with Crippen LogP contribution in [0.15, 0.2) is 24.3 Å². The second kappa shape index (κ2) is 6.26. The van der Waals surface area contributed by atoms with Gasteiger partial charge in [-0.3, -0.25) is 4.79 Å². The fourth-order valence-electron chi connectivity index (χ4n) is 3.91. The van der Waals surface area contributed by atoms with Crippen LogP contribution in [0.2, 0.25) is 0 Å². The lowest BCUT2D eigenvalue weighted by Gasteiger charge is -2.38. The molecule has 132 valence electrons. The lowest BCUT2D eigenvalue weighted by molar-refractivity contribution is 0.0595. The number of piperazine rings is 1. The number of aromatic nitrogens is 2. The first-order valence-electron chi connectivity index (χ1n) is 8.98. The monoisotopic (exact) mass is 342 g/mol. The van der Waals surface area contributed by atoms with Crippen LogP contribution in [0, 0.1) is 5.82 Å².